The SMILES string of the molecule is CC(C)Cn1ccc2c(C(=O)N3CCN(c4ccncc4)CC3)cccc21.O=C(O)C(F)(F)F. The van der Waals surface area contributed by atoms with Crippen molar-refractivity contribution in [3.8, 4) is 0 Å². The number of amides is 1. The highest BCUT2D eigenvalue weighted by atomic mass is 19.4. The molecule has 0 bridgehead atoms. The average Bonchev–Trinajstić information content (AvgIpc) is 3.21. The summed E-state index contributed by atoms with van der Waals surface area (Å²) < 4.78 is 34.0. The summed E-state index contributed by atoms with van der Waals surface area (Å²) in [6.07, 6.45) is 0.646. The molecule has 0 saturated carbocycles. The second-order valence-corrected chi connectivity index (χ2v) is 8.39. The number of anilines is 1. The highest BCUT2D eigenvalue weighted by Crippen LogP contribution is 2.24. The number of aliphatic carboxylic acids is 1. The number of piperazine rings is 1. The van der Waals surface area contributed by atoms with Crippen LogP contribution in [-0.2, 0) is 11.3 Å². The molecule has 0 spiro atoms. The van der Waals surface area contributed by atoms with E-state index < -0.39 is 12.1 Å². The Morgan fingerprint density at radius 3 is 2.21 bits per heavy atom. The first-order valence-electron chi connectivity index (χ1n) is 10.9. The number of benzene rings is 1. The maximum atomic E-state index is 13.2. The van der Waals surface area contributed by atoms with Crippen molar-refractivity contribution in [1.29, 1.82) is 0 Å². The number of hydrogen-bond donors (Lipinski definition) is 1. The lowest BCUT2D eigenvalue weighted by molar-refractivity contribution is -0.192. The van der Waals surface area contributed by atoms with Gasteiger partial charge in [-0.1, -0.05) is 19.9 Å². The van der Waals surface area contributed by atoms with Crippen molar-refractivity contribution in [3.05, 3.63) is 60.6 Å². The van der Waals surface area contributed by atoms with E-state index in [-0.39, 0.29) is 5.91 Å². The van der Waals surface area contributed by atoms with Gasteiger partial charge < -0.3 is 19.5 Å². The van der Waals surface area contributed by atoms with E-state index in [0.717, 1.165) is 49.2 Å². The van der Waals surface area contributed by atoms with Gasteiger partial charge in [-0.15, -0.1) is 0 Å². The van der Waals surface area contributed by atoms with Crippen LogP contribution < -0.4 is 4.90 Å². The first-order chi connectivity index (χ1) is 16.1. The maximum Gasteiger partial charge on any atom is 0.490 e. The highest BCUT2D eigenvalue weighted by Gasteiger charge is 2.38. The zero-order valence-electron chi connectivity index (χ0n) is 19.0. The molecule has 1 aliphatic heterocycles. The van der Waals surface area contributed by atoms with Gasteiger partial charge in [0.2, 0.25) is 0 Å². The van der Waals surface area contributed by atoms with Gasteiger partial charge >= 0.3 is 12.1 Å². The van der Waals surface area contributed by atoms with Gasteiger partial charge in [-0.05, 0) is 36.2 Å². The Morgan fingerprint density at radius 1 is 1.03 bits per heavy atom. The number of aromatic nitrogens is 2. The number of nitrogens with zero attached hydrogens (tertiary/aromatic N) is 4. The number of carboxylic acids is 1. The highest BCUT2D eigenvalue weighted by molar-refractivity contribution is 6.06. The van der Waals surface area contributed by atoms with Crippen molar-refractivity contribution in [2.24, 2.45) is 5.92 Å². The minimum absolute atomic E-state index is 0.136. The summed E-state index contributed by atoms with van der Waals surface area (Å²) in [6.45, 7) is 8.56. The first-order valence-corrected chi connectivity index (χ1v) is 10.9. The lowest BCUT2D eigenvalue weighted by atomic mass is 10.1. The molecule has 34 heavy (non-hydrogen) atoms. The van der Waals surface area contributed by atoms with E-state index in [1.807, 2.05) is 41.6 Å². The third-order valence-electron chi connectivity index (χ3n) is 5.44. The number of rotatable bonds is 4. The minimum Gasteiger partial charge on any atom is -0.475 e. The van der Waals surface area contributed by atoms with E-state index in [4.69, 9.17) is 9.90 Å². The van der Waals surface area contributed by atoms with Crippen LogP contribution in [-0.4, -0.2) is 63.8 Å². The molecule has 10 heteroatoms. The summed E-state index contributed by atoms with van der Waals surface area (Å²) in [7, 11) is 0. The molecule has 1 saturated heterocycles. The smallest absolute Gasteiger partial charge is 0.475 e. The fourth-order valence-corrected chi connectivity index (χ4v) is 3.86. The summed E-state index contributed by atoms with van der Waals surface area (Å²) in [4.78, 5) is 30.4. The van der Waals surface area contributed by atoms with Gasteiger partial charge in [0.1, 0.15) is 0 Å². The minimum atomic E-state index is -5.08. The van der Waals surface area contributed by atoms with Crippen molar-refractivity contribution < 1.29 is 27.9 Å². The molecule has 2 aromatic heterocycles. The number of carboxylic acid groups (broad SMARTS) is 1. The molecule has 3 aromatic rings. The Balaban J connectivity index is 0.000000406. The zero-order valence-corrected chi connectivity index (χ0v) is 19.0. The Morgan fingerprint density at radius 2 is 1.65 bits per heavy atom. The molecule has 0 atom stereocenters. The van der Waals surface area contributed by atoms with Crippen LogP contribution in [0.4, 0.5) is 18.9 Å². The van der Waals surface area contributed by atoms with Crippen LogP contribution in [0.5, 0.6) is 0 Å². The van der Waals surface area contributed by atoms with E-state index in [1.54, 1.807) is 0 Å². The fourth-order valence-electron chi connectivity index (χ4n) is 3.86. The van der Waals surface area contributed by atoms with E-state index >= 15 is 0 Å². The lowest BCUT2D eigenvalue weighted by Gasteiger charge is -2.36. The van der Waals surface area contributed by atoms with Gasteiger partial charge in [0.05, 0.1) is 0 Å². The van der Waals surface area contributed by atoms with Gasteiger partial charge in [0, 0.05) is 73.5 Å². The van der Waals surface area contributed by atoms with Gasteiger partial charge in [0.15, 0.2) is 0 Å². The molecule has 182 valence electrons. The molecule has 7 nitrogen and oxygen atoms in total. The number of pyridine rings is 1. The lowest BCUT2D eigenvalue weighted by Crippen LogP contribution is -2.48. The molecule has 1 N–H and O–H groups in total. The summed E-state index contributed by atoms with van der Waals surface area (Å²) in [6, 6.07) is 12.2. The molecule has 0 radical (unpaired) electrons. The topological polar surface area (TPSA) is 78.7 Å². The molecule has 0 aliphatic carbocycles. The average molecular weight is 476 g/mol. The van der Waals surface area contributed by atoms with Gasteiger partial charge in [0.25, 0.3) is 5.91 Å². The van der Waals surface area contributed by atoms with E-state index in [0.29, 0.717) is 5.92 Å². The maximum absolute atomic E-state index is 13.2. The Bertz CT molecular complexity index is 1120. The molecular weight excluding hydrogens is 449 g/mol. The van der Waals surface area contributed by atoms with E-state index in [2.05, 4.69) is 46.6 Å². The largest absolute Gasteiger partial charge is 0.490 e. The summed E-state index contributed by atoms with van der Waals surface area (Å²) in [5.41, 5.74) is 3.13. The van der Waals surface area contributed by atoms with Crippen molar-refractivity contribution in [2.75, 3.05) is 31.1 Å². The second-order valence-electron chi connectivity index (χ2n) is 8.39. The summed E-state index contributed by atoms with van der Waals surface area (Å²) in [5.74, 6) is -2.05. The van der Waals surface area contributed by atoms with Crippen LogP contribution in [0.25, 0.3) is 10.9 Å². The van der Waals surface area contributed by atoms with E-state index in [1.165, 1.54) is 5.69 Å². The van der Waals surface area contributed by atoms with Crippen LogP contribution in [0.3, 0.4) is 0 Å². The van der Waals surface area contributed by atoms with E-state index in [9.17, 15) is 18.0 Å². The van der Waals surface area contributed by atoms with Crippen molar-refractivity contribution in [3.63, 3.8) is 0 Å². The predicted octanol–water partition coefficient (Wildman–Crippen LogP) is 4.29. The third-order valence-corrected chi connectivity index (χ3v) is 5.44. The molecule has 1 amide bonds. The van der Waals surface area contributed by atoms with Crippen molar-refractivity contribution in [2.45, 2.75) is 26.6 Å². The standard InChI is InChI=1S/C22H26N4O.C2HF3O2/c1-17(2)16-26-11-8-19-20(4-3-5-21(19)26)22(27)25-14-12-24(13-15-25)18-6-9-23-10-7-18;3-2(4,5)1(6)7/h3-11,17H,12-16H2,1-2H3;(H,6,7). The number of halogens is 3. The number of alkyl halides is 3. The molecule has 3 heterocycles. The van der Waals surface area contributed by atoms with Gasteiger partial charge in [-0.25, -0.2) is 4.79 Å². The number of carbonyl (C=O) groups excluding carboxylic acids is 1. The van der Waals surface area contributed by atoms with Crippen molar-refractivity contribution >= 4 is 28.5 Å². The molecule has 1 fully saturated rings. The normalized spacial score (nSPS) is 14.2. The number of fused-ring (bicyclic) bond motifs is 1. The molecule has 1 aliphatic rings. The molecule has 0 unspecified atom stereocenters. The van der Waals surface area contributed by atoms with Crippen LogP contribution in [0.1, 0.15) is 24.2 Å². The molecular formula is C24H27F3N4O3. The quantitative estimate of drug-likeness (QED) is 0.608. The summed E-state index contributed by atoms with van der Waals surface area (Å²) in [5, 5.41) is 8.18. The molecule has 1 aromatic carbocycles. The van der Waals surface area contributed by atoms with Gasteiger partial charge in [-0.2, -0.15) is 13.2 Å². The molecule has 4 rings (SSSR count). The summed E-state index contributed by atoms with van der Waals surface area (Å²) >= 11 is 0. The Labute approximate surface area is 195 Å². The number of hydrogen-bond acceptors (Lipinski definition) is 4. The number of carbonyl (C=O) groups is 2. The van der Waals surface area contributed by atoms with Crippen LogP contribution in [0, 0.1) is 5.92 Å². The fraction of sp³-hybridized carbons (Fsp3) is 0.375. The van der Waals surface area contributed by atoms with Crippen molar-refractivity contribution in [1.82, 2.24) is 14.5 Å². The third kappa shape index (κ3) is 6.06. The second kappa shape index (κ2) is 10.6. The first kappa shape index (κ1) is 25.1. The Kier molecular flexibility index (Phi) is 7.80. The van der Waals surface area contributed by atoms with Crippen LogP contribution >= 0.6 is 0 Å². The van der Waals surface area contributed by atoms with Crippen LogP contribution in [0.2, 0.25) is 0 Å². The van der Waals surface area contributed by atoms with Gasteiger partial charge in [-0.3, -0.25) is 9.78 Å². The monoisotopic (exact) mass is 476 g/mol. The zero-order chi connectivity index (χ0) is 24.9. The predicted molar refractivity (Wildman–Crippen MR) is 123 cm³/mol. The van der Waals surface area contributed by atoms with Crippen LogP contribution in [0.15, 0.2) is 55.0 Å². The Hall–Kier alpha value is -3.56.